The number of rotatable bonds is 30. The van der Waals surface area contributed by atoms with Crippen molar-refractivity contribution in [3.63, 3.8) is 0 Å². The van der Waals surface area contributed by atoms with E-state index in [1.807, 2.05) is 0 Å². The van der Waals surface area contributed by atoms with Gasteiger partial charge in [0.25, 0.3) is 11.9 Å². The molecule has 0 rings (SSSR count). The minimum absolute atomic E-state index is 0. The summed E-state index contributed by atoms with van der Waals surface area (Å²) < 4.78 is 2.21. The number of guanidine groups is 2. The molecule has 8 heteroatoms. The highest BCUT2D eigenvalue weighted by Gasteiger charge is 2.36. The van der Waals surface area contributed by atoms with Crippen LogP contribution in [0, 0.1) is 0 Å². The first-order chi connectivity index (χ1) is 24.3. The van der Waals surface area contributed by atoms with Crippen molar-refractivity contribution >= 4 is 11.9 Å². The van der Waals surface area contributed by atoms with E-state index in [0.717, 1.165) is 41.6 Å². The monoisotopic (exact) mass is 779 g/mol. The Morgan fingerprint density at radius 3 is 1.12 bits per heavy atom. The molecule has 0 aromatic rings. The van der Waals surface area contributed by atoms with Gasteiger partial charge in [0.15, 0.2) is 0 Å². The molecule has 0 aromatic heterocycles. The van der Waals surface area contributed by atoms with Gasteiger partial charge in [-0.25, -0.2) is 9.98 Å². The maximum Gasteiger partial charge on any atom is 0.300 e. The molecular weight excluding hydrogens is 683 g/mol. The number of quaternary nitrogens is 2. The lowest BCUT2D eigenvalue weighted by atomic mass is 10.1. The summed E-state index contributed by atoms with van der Waals surface area (Å²) >= 11 is 0. The summed E-state index contributed by atoms with van der Waals surface area (Å²) in [5, 5.41) is 0. The standard InChI is InChI=1S/C23H50N3.C21H46N3.2ClH/c1-7-13-15-18-25(19-16-14-8-2)23(24-17-9-3)26(20-10-4,21-11-5)22-12-6;1-7-13-15-17-19-24(12-6,20-18-16-14-8-2)21(22-9-3)23(10-4)11-5;;/h7-22H2,1-6H3;7-20H2,1-6H3;2*1H/q2*+1;;/p-2. The Balaban J connectivity index is -0.000000428. The van der Waals surface area contributed by atoms with Crippen LogP contribution in [0.3, 0.4) is 0 Å². The van der Waals surface area contributed by atoms with Crippen LogP contribution in [0.25, 0.3) is 0 Å². The average molecular weight is 780 g/mol. The van der Waals surface area contributed by atoms with E-state index in [4.69, 9.17) is 9.98 Å². The molecule has 0 aliphatic carbocycles. The summed E-state index contributed by atoms with van der Waals surface area (Å²) in [5.41, 5.74) is 0. The fraction of sp³-hybridized carbons (Fsp3) is 0.955. The van der Waals surface area contributed by atoms with Crippen molar-refractivity contribution in [2.45, 2.75) is 199 Å². The van der Waals surface area contributed by atoms with Crippen LogP contribution in [0.15, 0.2) is 9.98 Å². The molecule has 0 aromatic carbocycles. The molecule has 0 spiro atoms. The normalized spacial score (nSPS) is 12.2. The van der Waals surface area contributed by atoms with Gasteiger partial charge in [-0.2, -0.15) is 0 Å². The van der Waals surface area contributed by atoms with Gasteiger partial charge in [-0.1, -0.05) is 107 Å². The predicted molar refractivity (Wildman–Crippen MR) is 229 cm³/mol. The molecule has 52 heavy (non-hydrogen) atoms. The fourth-order valence-corrected chi connectivity index (χ4v) is 7.75. The first kappa shape index (κ1) is 58.2. The third-order valence-corrected chi connectivity index (χ3v) is 10.5. The lowest BCUT2D eigenvalue weighted by Gasteiger charge is -2.42. The van der Waals surface area contributed by atoms with E-state index < -0.39 is 0 Å². The second-order valence-electron chi connectivity index (χ2n) is 14.9. The van der Waals surface area contributed by atoms with Crippen LogP contribution in [0.1, 0.15) is 199 Å². The first-order valence-corrected chi connectivity index (χ1v) is 22.6. The second kappa shape index (κ2) is 40.1. The minimum atomic E-state index is 0. The van der Waals surface area contributed by atoms with E-state index in [2.05, 4.69) is 92.9 Å². The van der Waals surface area contributed by atoms with Crippen molar-refractivity contribution in [1.82, 2.24) is 9.80 Å². The van der Waals surface area contributed by atoms with Crippen molar-refractivity contribution < 1.29 is 33.8 Å². The molecule has 0 fully saturated rings. The highest BCUT2D eigenvalue weighted by Crippen LogP contribution is 2.20. The second-order valence-corrected chi connectivity index (χ2v) is 14.9. The highest BCUT2D eigenvalue weighted by molar-refractivity contribution is 5.74. The maximum absolute atomic E-state index is 5.24. The molecule has 0 aliphatic rings. The first-order valence-electron chi connectivity index (χ1n) is 22.6. The molecule has 316 valence electrons. The van der Waals surface area contributed by atoms with Gasteiger partial charge >= 0.3 is 0 Å². The number of hydrogen-bond donors (Lipinski definition) is 0. The van der Waals surface area contributed by atoms with E-state index in [-0.39, 0.29) is 24.8 Å². The number of hydrogen-bond acceptors (Lipinski definition) is 2. The Morgan fingerprint density at radius 2 is 0.788 bits per heavy atom. The maximum atomic E-state index is 5.24. The van der Waals surface area contributed by atoms with Crippen molar-refractivity contribution in [2.24, 2.45) is 9.98 Å². The Morgan fingerprint density at radius 1 is 0.385 bits per heavy atom. The minimum Gasteiger partial charge on any atom is -1.00 e. The van der Waals surface area contributed by atoms with Gasteiger partial charge in [0.05, 0.1) is 39.3 Å². The number of nitrogens with zero attached hydrogens (tertiary/aromatic N) is 6. The van der Waals surface area contributed by atoms with E-state index in [1.54, 1.807) is 0 Å². The third-order valence-electron chi connectivity index (χ3n) is 10.5. The highest BCUT2D eigenvalue weighted by atomic mass is 35.5. The summed E-state index contributed by atoms with van der Waals surface area (Å²) in [6.07, 6.45) is 23.5. The predicted octanol–water partition coefficient (Wildman–Crippen LogP) is 6.19. The molecule has 0 saturated heterocycles. The van der Waals surface area contributed by atoms with Crippen LogP contribution in [0.5, 0.6) is 0 Å². The zero-order valence-corrected chi connectivity index (χ0v) is 39.2. The van der Waals surface area contributed by atoms with Gasteiger partial charge < -0.3 is 34.6 Å². The molecule has 0 saturated carbocycles. The number of unbranched alkanes of at least 4 members (excludes halogenated alkanes) is 10. The number of aliphatic imine (C=N–C) groups is 2. The molecule has 0 bridgehead atoms. The van der Waals surface area contributed by atoms with Crippen LogP contribution in [-0.4, -0.2) is 109 Å². The molecule has 0 aliphatic heterocycles. The average Bonchev–Trinajstić information content (AvgIpc) is 3.12. The Bertz CT molecular complexity index is 748. The molecule has 0 amide bonds. The Hall–Kier alpha value is -0.560. The zero-order chi connectivity index (χ0) is 37.9. The van der Waals surface area contributed by atoms with Gasteiger partial charge in [0.2, 0.25) is 0 Å². The molecule has 0 N–H and O–H groups in total. The van der Waals surface area contributed by atoms with E-state index in [1.165, 1.54) is 173 Å². The van der Waals surface area contributed by atoms with Crippen molar-refractivity contribution in [3.05, 3.63) is 0 Å². The summed E-state index contributed by atoms with van der Waals surface area (Å²) in [4.78, 5) is 15.5. The van der Waals surface area contributed by atoms with Crippen LogP contribution >= 0.6 is 0 Å². The molecule has 0 unspecified atom stereocenters. The topological polar surface area (TPSA) is 31.2 Å². The van der Waals surface area contributed by atoms with Crippen LogP contribution in [0.2, 0.25) is 0 Å². The van der Waals surface area contributed by atoms with Crippen LogP contribution < -0.4 is 24.8 Å². The molecular formula is C44H96Cl2N6. The molecule has 0 radical (unpaired) electrons. The van der Waals surface area contributed by atoms with E-state index >= 15 is 0 Å². The van der Waals surface area contributed by atoms with Gasteiger partial charge in [0.1, 0.15) is 0 Å². The Labute approximate surface area is 341 Å². The van der Waals surface area contributed by atoms with E-state index in [0.29, 0.717) is 0 Å². The van der Waals surface area contributed by atoms with Crippen molar-refractivity contribution in [1.29, 1.82) is 0 Å². The van der Waals surface area contributed by atoms with Gasteiger partial charge in [-0.3, -0.25) is 8.97 Å². The molecule has 0 heterocycles. The van der Waals surface area contributed by atoms with Crippen molar-refractivity contribution in [3.8, 4) is 0 Å². The fourth-order valence-electron chi connectivity index (χ4n) is 7.75. The zero-order valence-electron chi connectivity index (χ0n) is 37.7. The molecule has 6 nitrogen and oxygen atoms in total. The van der Waals surface area contributed by atoms with Crippen LogP contribution in [0.4, 0.5) is 0 Å². The molecule has 0 atom stereocenters. The smallest absolute Gasteiger partial charge is 0.300 e. The summed E-state index contributed by atoms with van der Waals surface area (Å²) in [7, 11) is 0. The lowest BCUT2D eigenvalue weighted by molar-refractivity contribution is -0.847. The van der Waals surface area contributed by atoms with Crippen LogP contribution in [-0.2, 0) is 0 Å². The largest absolute Gasteiger partial charge is 1.00 e. The van der Waals surface area contributed by atoms with Gasteiger partial charge in [0, 0.05) is 39.3 Å². The van der Waals surface area contributed by atoms with Crippen molar-refractivity contribution in [2.75, 3.05) is 78.5 Å². The summed E-state index contributed by atoms with van der Waals surface area (Å²) in [6, 6.07) is 0. The Kier molecular flexibility index (Phi) is 44.9. The summed E-state index contributed by atoms with van der Waals surface area (Å²) in [5.74, 6) is 2.78. The SMILES string of the molecule is CCCCCC[N+](CC)(CCCCCC)C(=NCC)N(CC)CC.CCCCCN(CCCCC)C(=NCCC)[N+](CCC)(CCC)CCC.[Cl-].[Cl-]. The summed E-state index contributed by atoms with van der Waals surface area (Å²) in [6.45, 7) is 41.4. The third kappa shape index (κ3) is 24.1. The van der Waals surface area contributed by atoms with Gasteiger partial charge in [-0.15, -0.1) is 0 Å². The van der Waals surface area contributed by atoms with E-state index in [9.17, 15) is 0 Å². The lowest BCUT2D eigenvalue weighted by Crippen LogP contribution is -3.00. The quantitative estimate of drug-likeness (QED) is 0.0377. The van der Waals surface area contributed by atoms with Gasteiger partial charge in [-0.05, 0) is 91.9 Å². The number of halogens is 2.